The first kappa shape index (κ1) is 22.5. The number of fused-ring (bicyclic) bond motifs is 1. The van der Waals surface area contributed by atoms with E-state index < -0.39 is 0 Å². The Morgan fingerprint density at radius 2 is 2.03 bits per heavy atom. The SMILES string of the molecule is C[Se]c1cc(N)c(C=N)c(-c2cn(Cc3cn4cc(CN5CCC6(CCC6)C5)ccc4n3)nn2)c1. The Balaban J connectivity index is 1.19. The van der Waals surface area contributed by atoms with Crippen molar-refractivity contribution < 1.29 is 0 Å². The first-order valence-corrected chi connectivity index (χ1v) is 14.7. The van der Waals surface area contributed by atoms with Gasteiger partial charge in [0, 0.05) is 13.1 Å². The average molecular weight is 534 g/mol. The van der Waals surface area contributed by atoms with E-state index in [-0.39, 0.29) is 0 Å². The molecule has 1 saturated heterocycles. The summed E-state index contributed by atoms with van der Waals surface area (Å²) in [6.45, 7) is 4.01. The van der Waals surface area contributed by atoms with Crippen molar-refractivity contribution in [2.45, 2.75) is 44.6 Å². The van der Waals surface area contributed by atoms with Crippen LogP contribution >= 0.6 is 0 Å². The molecule has 0 radical (unpaired) electrons. The van der Waals surface area contributed by atoms with Crippen molar-refractivity contribution in [1.82, 2.24) is 29.3 Å². The van der Waals surface area contributed by atoms with Crippen LogP contribution in [0.4, 0.5) is 5.69 Å². The molecule has 35 heavy (non-hydrogen) atoms. The maximum absolute atomic E-state index is 7.80. The van der Waals surface area contributed by atoms with Gasteiger partial charge in [-0.2, -0.15) is 0 Å². The fourth-order valence-electron chi connectivity index (χ4n) is 5.57. The number of nitrogen functional groups attached to an aromatic ring is 1. The molecular formula is C26H30N8Se. The summed E-state index contributed by atoms with van der Waals surface area (Å²) in [5.74, 6) is 2.15. The first-order valence-electron chi connectivity index (χ1n) is 12.1. The predicted octanol–water partition coefficient (Wildman–Crippen LogP) is 2.97. The number of nitrogens with two attached hydrogens (primary N) is 1. The normalized spacial score (nSPS) is 17.3. The van der Waals surface area contributed by atoms with Gasteiger partial charge in [0.15, 0.2) is 0 Å². The van der Waals surface area contributed by atoms with E-state index in [2.05, 4.69) is 56.0 Å². The van der Waals surface area contributed by atoms with E-state index >= 15 is 0 Å². The van der Waals surface area contributed by atoms with Crippen LogP contribution in [-0.2, 0) is 13.1 Å². The van der Waals surface area contributed by atoms with E-state index in [1.54, 1.807) is 4.68 Å². The number of rotatable bonds is 7. The Morgan fingerprint density at radius 1 is 1.14 bits per heavy atom. The molecule has 8 nitrogen and oxygen atoms in total. The molecule has 0 unspecified atom stereocenters. The summed E-state index contributed by atoms with van der Waals surface area (Å²) in [6.07, 6.45) is 13.1. The number of pyridine rings is 1. The van der Waals surface area contributed by atoms with Crippen LogP contribution < -0.4 is 10.2 Å². The molecule has 0 atom stereocenters. The first-order chi connectivity index (χ1) is 17.0. The van der Waals surface area contributed by atoms with Gasteiger partial charge in [-0.15, -0.1) is 0 Å². The quantitative estimate of drug-likeness (QED) is 0.216. The van der Waals surface area contributed by atoms with Crippen LogP contribution in [0.5, 0.6) is 0 Å². The van der Waals surface area contributed by atoms with Crippen LogP contribution in [0.25, 0.3) is 16.9 Å². The molecule has 0 bridgehead atoms. The Kier molecular flexibility index (Phi) is 5.71. The molecular weight excluding hydrogens is 503 g/mol. The Hall–Kier alpha value is -3.00. The molecule has 2 aliphatic rings. The van der Waals surface area contributed by atoms with E-state index in [1.165, 1.54) is 55.0 Å². The van der Waals surface area contributed by atoms with Gasteiger partial charge in [-0.1, -0.05) is 6.42 Å². The predicted molar refractivity (Wildman–Crippen MR) is 139 cm³/mol. The van der Waals surface area contributed by atoms with Crippen LogP contribution in [0.3, 0.4) is 0 Å². The maximum atomic E-state index is 7.80. The van der Waals surface area contributed by atoms with Gasteiger partial charge in [-0.25, -0.2) is 0 Å². The molecule has 3 aromatic heterocycles. The summed E-state index contributed by atoms with van der Waals surface area (Å²) < 4.78 is 5.10. The zero-order valence-electron chi connectivity index (χ0n) is 19.9. The molecule has 1 spiro atoms. The van der Waals surface area contributed by atoms with Gasteiger partial charge in [0.05, 0.1) is 0 Å². The minimum absolute atomic E-state index is 0.308. The van der Waals surface area contributed by atoms with Gasteiger partial charge >= 0.3 is 156 Å². The standard InChI is InChI=1S/C26H30N8Se/c1-35-20-9-21(22(11-27)23(28)10-20)24-16-34(31-30-24)15-19-14-33-13-18(3-4-25(33)29-19)12-32-8-7-26(17-32)5-2-6-26/h3-4,9-11,13-14,16,27H,2,5-8,12,15,17,28H2,1H3. The second kappa shape index (κ2) is 8.90. The number of aromatic nitrogens is 5. The third-order valence-electron chi connectivity index (χ3n) is 7.60. The zero-order chi connectivity index (χ0) is 24.0. The molecule has 4 aromatic rings. The second-order valence-corrected chi connectivity index (χ2v) is 11.8. The molecule has 1 aliphatic heterocycles. The van der Waals surface area contributed by atoms with E-state index in [1.807, 2.05) is 12.3 Å². The molecule has 1 aromatic carbocycles. The summed E-state index contributed by atoms with van der Waals surface area (Å²) in [5, 5.41) is 16.5. The van der Waals surface area contributed by atoms with Crippen LogP contribution in [-0.4, -0.2) is 63.5 Å². The van der Waals surface area contributed by atoms with Crippen LogP contribution in [0.15, 0.2) is 42.9 Å². The summed E-state index contributed by atoms with van der Waals surface area (Å²) in [5.41, 5.74) is 12.9. The van der Waals surface area contributed by atoms with E-state index in [0.29, 0.717) is 38.2 Å². The number of nitrogens with one attached hydrogen (secondary N) is 1. The van der Waals surface area contributed by atoms with E-state index in [9.17, 15) is 0 Å². The molecule has 2 fully saturated rings. The van der Waals surface area contributed by atoms with Crippen molar-refractivity contribution in [3.05, 3.63) is 59.7 Å². The van der Waals surface area contributed by atoms with Crippen molar-refractivity contribution in [3.63, 3.8) is 0 Å². The number of imidazole rings is 1. The Morgan fingerprint density at radius 3 is 2.77 bits per heavy atom. The Labute approximate surface area is 211 Å². The van der Waals surface area contributed by atoms with Gasteiger partial charge in [0.2, 0.25) is 0 Å². The average Bonchev–Trinajstić information content (AvgIpc) is 3.56. The van der Waals surface area contributed by atoms with Gasteiger partial charge < -0.3 is 0 Å². The van der Waals surface area contributed by atoms with Gasteiger partial charge in [0.1, 0.15) is 0 Å². The number of hydrogen-bond acceptors (Lipinski definition) is 6. The van der Waals surface area contributed by atoms with Crippen molar-refractivity contribution in [1.29, 1.82) is 5.41 Å². The molecule has 9 heteroatoms. The van der Waals surface area contributed by atoms with Crippen molar-refractivity contribution in [2.75, 3.05) is 18.8 Å². The van der Waals surface area contributed by atoms with Crippen LogP contribution in [0.1, 0.15) is 42.5 Å². The second-order valence-electron chi connectivity index (χ2n) is 9.97. The van der Waals surface area contributed by atoms with E-state index in [4.69, 9.17) is 16.1 Å². The van der Waals surface area contributed by atoms with Crippen molar-refractivity contribution in [2.24, 2.45) is 5.41 Å². The number of benzene rings is 1. The molecule has 0 amide bonds. The fourth-order valence-corrected chi connectivity index (χ4v) is 6.58. The van der Waals surface area contributed by atoms with Gasteiger partial charge in [-0.05, 0) is 31.2 Å². The minimum atomic E-state index is 0.308. The number of nitrogens with zero attached hydrogens (tertiary/aromatic N) is 6. The van der Waals surface area contributed by atoms with E-state index in [0.717, 1.165) is 29.1 Å². The topological polar surface area (TPSA) is 101 Å². The zero-order valence-corrected chi connectivity index (χ0v) is 21.7. The van der Waals surface area contributed by atoms with Crippen molar-refractivity contribution >= 4 is 37.0 Å². The summed E-state index contributed by atoms with van der Waals surface area (Å²) >= 11 is 0.308. The molecule has 6 rings (SSSR count). The molecule has 3 N–H and O–H groups in total. The molecule has 180 valence electrons. The number of hydrogen-bond donors (Lipinski definition) is 2. The number of likely N-dealkylation sites (tertiary alicyclic amines) is 1. The van der Waals surface area contributed by atoms with Gasteiger partial charge in [-0.3, -0.25) is 4.90 Å². The summed E-state index contributed by atoms with van der Waals surface area (Å²) in [6, 6.07) is 8.34. The summed E-state index contributed by atoms with van der Waals surface area (Å²) in [4.78, 5) is 7.40. The Bertz CT molecular complexity index is 1400. The van der Waals surface area contributed by atoms with Crippen LogP contribution in [0.2, 0.25) is 5.82 Å². The molecule has 4 heterocycles. The van der Waals surface area contributed by atoms with Crippen LogP contribution in [0, 0.1) is 10.8 Å². The third-order valence-corrected chi connectivity index (χ3v) is 9.09. The van der Waals surface area contributed by atoms with Gasteiger partial charge in [0.25, 0.3) is 0 Å². The third kappa shape index (κ3) is 4.29. The monoisotopic (exact) mass is 534 g/mol. The molecule has 1 aliphatic carbocycles. The fraction of sp³-hybridized carbons (Fsp3) is 0.385. The summed E-state index contributed by atoms with van der Waals surface area (Å²) in [7, 11) is 0. The molecule has 1 saturated carbocycles. The number of anilines is 1. The van der Waals surface area contributed by atoms with Crippen molar-refractivity contribution in [3.8, 4) is 11.3 Å².